The van der Waals surface area contributed by atoms with E-state index < -0.39 is 0 Å². The largest absolute Gasteiger partial charge is 0.378 e. The Balaban J connectivity index is 1.37. The van der Waals surface area contributed by atoms with E-state index in [0.29, 0.717) is 19.8 Å². The Hall–Kier alpha value is -3.36. The number of aromatic nitrogens is 3. The number of morpholine rings is 1. The van der Waals surface area contributed by atoms with E-state index >= 15 is 0 Å². The van der Waals surface area contributed by atoms with Crippen LogP contribution >= 0.6 is 11.8 Å². The van der Waals surface area contributed by atoms with Crippen molar-refractivity contribution in [2.24, 2.45) is 0 Å². The van der Waals surface area contributed by atoms with Crippen molar-refractivity contribution in [1.82, 2.24) is 14.8 Å². The Kier molecular flexibility index (Phi) is 6.78. The van der Waals surface area contributed by atoms with Crippen molar-refractivity contribution in [3.63, 3.8) is 0 Å². The lowest BCUT2D eigenvalue weighted by Gasteiger charge is -2.28. The van der Waals surface area contributed by atoms with Crippen molar-refractivity contribution in [3.8, 4) is 0 Å². The van der Waals surface area contributed by atoms with Crippen LogP contribution in [0.15, 0.2) is 78.0 Å². The van der Waals surface area contributed by atoms with Gasteiger partial charge in [0, 0.05) is 24.2 Å². The van der Waals surface area contributed by atoms with Crippen LogP contribution in [0.2, 0.25) is 0 Å². The summed E-state index contributed by atoms with van der Waals surface area (Å²) in [6, 6.07) is 24.2. The van der Waals surface area contributed by atoms with Crippen LogP contribution in [0.4, 0.5) is 11.6 Å². The van der Waals surface area contributed by atoms with Gasteiger partial charge in [0.15, 0.2) is 5.16 Å². The van der Waals surface area contributed by atoms with Gasteiger partial charge in [-0.3, -0.25) is 9.36 Å². The molecule has 0 spiro atoms. The summed E-state index contributed by atoms with van der Waals surface area (Å²) in [6.45, 7) is 5.43. The summed E-state index contributed by atoms with van der Waals surface area (Å²) in [6.07, 6.45) is 0. The molecule has 0 saturated carbocycles. The fourth-order valence-electron chi connectivity index (χ4n) is 4.05. The minimum absolute atomic E-state index is 0.0662. The van der Waals surface area contributed by atoms with E-state index in [1.54, 1.807) is 0 Å². The van der Waals surface area contributed by atoms with Crippen LogP contribution in [0.1, 0.15) is 12.5 Å². The molecule has 0 aliphatic carbocycles. The highest BCUT2D eigenvalue weighted by Crippen LogP contribution is 2.29. The molecule has 0 bridgehead atoms. The first-order valence-electron chi connectivity index (χ1n) is 11.4. The van der Waals surface area contributed by atoms with Crippen LogP contribution in [0.25, 0.3) is 10.8 Å². The summed E-state index contributed by atoms with van der Waals surface area (Å²) in [5, 5.41) is 14.6. The average molecular weight is 474 g/mol. The summed E-state index contributed by atoms with van der Waals surface area (Å²) in [5.74, 6) is 0.750. The zero-order valence-electron chi connectivity index (χ0n) is 19.1. The number of ether oxygens (including phenoxy) is 1. The van der Waals surface area contributed by atoms with Crippen LogP contribution in [0.3, 0.4) is 0 Å². The van der Waals surface area contributed by atoms with Crippen molar-refractivity contribution in [3.05, 3.63) is 78.4 Å². The van der Waals surface area contributed by atoms with Crippen molar-refractivity contribution in [2.75, 3.05) is 36.5 Å². The zero-order chi connectivity index (χ0) is 23.3. The summed E-state index contributed by atoms with van der Waals surface area (Å²) in [4.78, 5) is 15.3. The lowest BCUT2D eigenvalue weighted by Crippen LogP contribution is -2.38. The van der Waals surface area contributed by atoms with Gasteiger partial charge >= 0.3 is 0 Å². The van der Waals surface area contributed by atoms with Crippen LogP contribution in [0, 0.1) is 0 Å². The molecule has 34 heavy (non-hydrogen) atoms. The number of hydrogen-bond donors (Lipinski definition) is 1. The first-order chi connectivity index (χ1) is 16.7. The molecular formula is C26H27N5O2S. The maximum Gasteiger partial charge on any atom is 0.237 e. The SMILES string of the molecule is CC(Sc1nnc(N2CCOCC2)n1Cc1ccccc1)C(=O)Nc1cccc2ccccc12. The van der Waals surface area contributed by atoms with Gasteiger partial charge in [0.25, 0.3) is 0 Å². The van der Waals surface area contributed by atoms with E-state index in [-0.39, 0.29) is 11.2 Å². The molecule has 1 saturated heterocycles. The van der Waals surface area contributed by atoms with Gasteiger partial charge in [-0.15, -0.1) is 10.2 Å². The monoisotopic (exact) mass is 473 g/mol. The third-order valence-corrected chi connectivity index (χ3v) is 6.95. The molecule has 1 unspecified atom stereocenters. The second kappa shape index (κ2) is 10.3. The maximum absolute atomic E-state index is 13.1. The van der Waals surface area contributed by atoms with Gasteiger partial charge in [0.05, 0.1) is 25.0 Å². The van der Waals surface area contributed by atoms with E-state index in [1.165, 1.54) is 11.8 Å². The van der Waals surface area contributed by atoms with Gasteiger partial charge < -0.3 is 15.0 Å². The van der Waals surface area contributed by atoms with Crippen LogP contribution < -0.4 is 10.2 Å². The number of hydrogen-bond acceptors (Lipinski definition) is 6. The molecule has 1 atom stereocenters. The number of carbonyl (C=O) groups excluding carboxylic acids is 1. The number of anilines is 2. The second-order valence-electron chi connectivity index (χ2n) is 8.23. The Morgan fingerprint density at radius 3 is 2.56 bits per heavy atom. The third kappa shape index (κ3) is 4.93. The summed E-state index contributed by atoms with van der Waals surface area (Å²) < 4.78 is 7.62. The van der Waals surface area contributed by atoms with Gasteiger partial charge in [0.2, 0.25) is 11.9 Å². The molecule has 174 valence electrons. The molecular weight excluding hydrogens is 446 g/mol. The predicted octanol–water partition coefficient (Wildman–Crippen LogP) is 4.44. The summed E-state index contributed by atoms with van der Waals surface area (Å²) >= 11 is 1.43. The molecule has 3 aromatic carbocycles. The highest BCUT2D eigenvalue weighted by atomic mass is 32.2. The van der Waals surface area contributed by atoms with Crippen LogP contribution in [0.5, 0.6) is 0 Å². The van der Waals surface area contributed by atoms with Crippen molar-refractivity contribution in [1.29, 1.82) is 0 Å². The molecule has 1 N–H and O–H groups in total. The number of nitrogens with zero attached hydrogens (tertiary/aromatic N) is 4. The lowest BCUT2D eigenvalue weighted by molar-refractivity contribution is -0.115. The smallest absolute Gasteiger partial charge is 0.237 e. The van der Waals surface area contributed by atoms with Crippen LogP contribution in [-0.2, 0) is 16.1 Å². The molecule has 1 aromatic heterocycles. The first kappa shape index (κ1) is 22.4. The Morgan fingerprint density at radius 2 is 1.74 bits per heavy atom. The normalized spacial score (nSPS) is 14.8. The zero-order valence-corrected chi connectivity index (χ0v) is 19.9. The van der Waals surface area contributed by atoms with Crippen LogP contribution in [-0.4, -0.2) is 52.2 Å². The molecule has 1 aliphatic rings. The van der Waals surface area contributed by atoms with Gasteiger partial charge in [-0.25, -0.2) is 0 Å². The summed E-state index contributed by atoms with van der Waals surface area (Å²) in [5.41, 5.74) is 1.97. The van der Waals surface area contributed by atoms with Gasteiger partial charge in [0.1, 0.15) is 0 Å². The third-order valence-electron chi connectivity index (χ3n) is 5.87. The molecule has 0 radical (unpaired) electrons. The number of rotatable bonds is 7. The van der Waals surface area contributed by atoms with E-state index in [0.717, 1.165) is 46.2 Å². The topological polar surface area (TPSA) is 72.3 Å². The highest BCUT2D eigenvalue weighted by Gasteiger charge is 2.24. The van der Waals surface area contributed by atoms with Gasteiger partial charge in [-0.1, -0.05) is 78.5 Å². The van der Waals surface area contributed by atoms with E-state index in [4.69, 9.17) is 4.74 Å². The number of amides is 1. The first-order valence-corrected chi connectivity index (χ1v) is 12.3. The maximum atomic E-state index is 13.1. The molecule has 1 fully saturated rings. The molecule has 1 aliphatic heterocycles. The number of fused-ring (bicyclic) bond motifs is 1. The number of carbonyl (C=O) groups is 1. The summed E-state index contributed by atoms with van der Waals surface area (Å²) in [7, 11) is 0. The molecule has 2 heterocycles. The molecule has 8 heteroatoms. The Labute approximate surface area is 203 Å². The standard InChI is InChI=1S/C26H27N5O2S/c1-19(24(32)27-23-13-7-11-21-10-5-6-12-22(21)23)34-26-29-28-25(30-14-16-33-17-15-30)31(26)18-20-8-3-2-4-9-20/h2-13,19H,14-18H2,1H3,(H,27,32). The molecule has 1 amide bonds. The fourth-order valence-corrected chi connectivity index (χ4v) is 4.89. The quantitative estimate of drug-likeness (QED) is 0.400. The van der Waals surface area contributed by atoms with E-state index in [9.17, 15) is 4.79 Å². The highest BCUT2D eigenvalue weighted by molar-refractivity contribution is 8.00. The minimum atomic E-state index is -0.352. The molecule has 5 rings (SSSR count). The van der Waals surface area contributed by atoms with E-state index in [1.807, 2.05) is 67.6 Å². The Morgan fingerprint density at radius 1 is 1.00 bits per heavy atom. The van der Waals surface area contributed by atoms with Gasteiger partial charge in [-0.2, -0.15) is 0 Å². The molecule has 4 aromatic rings. The van der Waals surface area contributed by atoms with E-state index in [2.05, 4.69) is 37.1 Å². The van der Waals surface area contributed by atoms with Crippen molar-refractivity contribution < 1.29 is 9.53 Å². The second-order valence-corrected chi connectivity index (χ2v) is 9.54. The fraction of sp³-hybridized carbons (Fsp3) is 0.269. The molecule has 7 nitrogen and oxygen atoms in total. The minimum Gasteiger partial charge on any atom is -0.378 e. The van der Waals surface area contributed by atoms with Crippen molar-refractivity contribution >= 4 is 40.1 Å². The number of benzene rings is 3. The number of thioether (sulfide) groups is 1. The average Bonchev–Trinajstić information content (AvgIpc) is 3.27. The van der Waals surface area contributed by atoms with Gasteiger partial charge in [-0.05, 0) is 23.9 Å². The lowest BCUT2D eigenvalue weighted by atomic mass is 10.1. The number of nitrogens with one attached hydrogen (secondary N) is 1. The predicted molar refractivity (Wildman–Crippen MR) is 136 cm³/mol. The van der Waals surface area contributed by atoms with Crippen molar-refractivity contribution in [2.45, 2.75) is 23.9 Å². The Bertz CT molecular complexity index is 1270.